The van der Waals surface area contributed by atoms with E-state index in [-0.39, 0.29) is 11.7 Å². The van der Waals surface area contributed by atoms with E-state index in [1.54, 1.807) is 24.3 Å². The molecule has 0 amide bonds. The highest BCUT2D eigenvalue weighted by Gasteiger charge is 2.23. The summed E-state index contributed by atoms with van der Waals surface area (Å²) in [6.45, 7) is 2.17. The number of ether oxygens (including phenoxy) is 1. The first kappa shape index (κ1) is 16.2. The Hall–Kier alpha value is -2.63. The summed E-state index contributed by atoms with van der Waals surface area (Å²) in [5.41, 5.74) is 0.0199. The molecule has 0 saturated heterocycles. The molecule has 3 rings (SSSR count). The smallest absolute Gasteiger partial charge is 0.338 e. The van der Waals surface area contributed by atoms with Gasteiger partial charge in [0.15, 0.2) is 0 Å². The molecule has 0 bridgehead atoms. The Morgan fingerprint density at radius 3 is 2.83 bits per heavy atom. The lowest BCUT2D eigenvalue weighted by Crippen LogP contribution is -2.27. The van der Waals surface area contributed by atoms with Gasteiger partial charge in [-0.1, -0.05) is 19.4 Å². The van der Waals surface area contributed by atoms with E-state index in [4.69, 9.17) is 4.74 Å². The van der Waals surface area contributed by atoms with Gasteiger partial charge in [-0.3, -0.25) is 14.7 Å². The van der Waals surface area contributed by atoms with Crippen LogP contribution in [0.4, 0.5) is 0 Å². The molecule has 2 atom stereocenters. The van der Waals surface area contributed by atoms with E-state index in [2.05, 4.69) is 12.0 Å². The fourth-order valence-corrected chi connectivity index (χ4v) is 3.09. The number of benzene rings is 1. The van der Waals surface area contributed by atoms with Gasteiger partial charge in [-0.2, -0.15) is 0 Å². The minimum atomic E-state index is -0.401. The van der Waals surface area contributed by atoms with Crippen LogP contribution < -0.4 is 11.1 Å². The lowest BCUT2D eigenvalue weighted by molar-refractivity contribution is 0.0155. The molecule has 2 unspecified atom stereocenters. The molecule has 0 radical (unpaired) electrons. The van der Waals surface area contributed by atoms with Crippen LogP contribution in [0.1, 0.15) is 43.0 Å². The third-order valence-corrected chi connectivity index (χ3v) is 4.32. The van der Waals surface area contributed by atoms with Crippen LogP contribution in [0, 0.1) is 5.92 Å². The van der Waals surface area contributed by atoms with Crippen molar-refractivity contribution in [3.05, 3.63) is 62.7 Å². The van der Waals surface area contributed by atoms with Crippen LogP contribution >= 0.6 is 0 Å². The average molecular weight is 328 g/mol. The van der Waals surface area contributed by atoms with E-state index < -0.39 is 11.5 Å². The second-order valence-electron chi connectivity index (χ2n) is 6.33. The number of nitrogens with one attached hydrogen (secondary N) is 1. The number of rotatable bonds is 3. The molecule has 1 aromatic carbocycles. The fraction of sp³-hybridized carbons (Fsp3) is 0.389. The van der Waals surface area contributed by atoms with Gasteiger partial charge in [0, 0.05) is 12.1 Å². The van der Waals surface area contributed by atoms with Gasteiger partial charge in [-0.25, -0.2) is 9.48 Å². The molecular formula is C18H20N2O4. The predicted octanol–water partition coefficient (Wildman–Crippen LogP) is 2.26. The standard InChI is InChI=1S/C18H20N2O4/c1-12-4-2-7-15(10-12)24-18(23)13-5-3-6-14(11-13)20-17(22)9-8-16(21)19-20/h3,5-6,8-9,11-12,15H,2,4,7,10H2,1H3,(H,19,21). The number of carbonyl (C=O) groups is 1. The van der Waals surface area contributed by atoms with E-state index in [1.807, 2.05) is 0 Å². The molecule has 0 aliphatic heterocycles. The summed E-state index contributed by atoms with van der Waals surface area (Å²) < 4.78 is 6.71. The topological polar surface area (TPSA) is 81.2 Å². The summed E-state index contributed by atoms with van der Waals surface area (Å²) in [6, 6.07) is 8.86. The lowest BCUT2D eigenvalue weighted by Gasteiger charge is -2.26. The zero-order valence-corrected chi connectivity index (χ0v) is 13.5. The fourth-order valence-electron chi connectivity index (χ4n) is 3.09. The molecule has 1 saturated carbocycles. The van der Waals surface area contributed by atoms with Crippen LogP contribution in [0.2, 0.25) is 0 Å². The summed E-state index contributed by atoms with van der Waals surface area (Å²) in [7, 11) is 0. The Bertz CT molecular complexity index is 852. The van der Waals surface area contributed by atoms with E-state index in [0.717, 1.165) is 23.9 Å². The first-order chi connectivity index (χ1) is 11.5. The van der Waals surface area contributed by atoms with Crippen molar-refractivity contribution in [3.8, 4) is 5.69 Å². The Labute approximate surface area is 139 Å². The van der Waals surface area contributed by atoms with Gasteiger partial charge < -0.3 is 4.74 Å². The third-order valence-electron chi connectivity index (χ3n) is 4.32. The number of hydrogen-bond acceptors (Lipinski definition) is 4. The Morgan fingerprint density at radius 1 is 1.21 bits per heavy atom. The molecule has 24 heavy (non-hydrogen) atoms. The first-order valence-corrected chi connectivity index (χ1v) is 8.17. The summed E-state index contributed by atoms with van der Waals surface area (Å²) in [6.07, 6.45) is 3.97. The SMILES string of the molecule is CC1CCCC(OC(=O)c2cccc(-n3[nH]c(=O)ccc3=O)c2)C1. The van der Waals surface area contributed by atoms with Crippen LogP contribution in [0.5, 0.6) is 0 Å². The maximum atomic E-state index is 12.4. The van der Waals surface area contributed by atoms with E-state index in [0.29, 0.717) is 17.2 Å². The Balaban J connectivity index is 1.82. The van der Waals surface area contributed by atoms with Crippen LogP contribution in [-0.2, 0) is 4.74 Å². The zero-order chi connectivity index (χ0) is 17.1. The molecule has 0 spiro atoms. The monoisotopic (exact) mass is 328 g/mol. The molecule has 6 heteroatoms. The molecule has 1 N–H and O–H groups in total. The number of H-pyrrole nitrogens is 1. The largest absolute Gasteiger partial charge is 0.459 e. The minimum Gasteiger partial charge on any atom is -0.459 e. The average Bonchev–Trinajstić information content (AvgIpc) is 2.57. The molecule has 1 aliphatic carbocycles. The van der Waals surface area contributed by atoms with Crippen molar-refractivity contribution in [2.45, 2.75) is 38.7 Å². The Kier molecular flexibility index (Phi) is 4.64. The van der Waals surface area contributed by atoms with E-state index in [9.17, 15) is 14.4 Å². The molecule has 1 aromatic heterocycles. The number of hydrogen-bond donors (Lipinski definition) is 1. The maximum Gasteiger partial charge on any atom is 0.338 e. The molecular weight excluding hydrogens is 308 g/mol. The number of esters is 1. The zero-order valence-electron chi connectivity index (χ0n) is 13.5. The molecule has 126 valence electrons. The second kappa shape index (κ2) is 6.86. The van der Waals surface area contributed by atoms with Gasteiger partial charge in [0.1, 0.15) is 6.10 Å². The molecule has 1 aliphatic rings. The number of aromatic amines is 1. The molecule has 1 fully saturated rings. The van der Waals surface area contributed by atoms with Crippen LogP contribution in [0.25, 0.3) is 5.69 Å². The van der Waals surface area contributed by atoms with Crippen molar-refractivity contribution in [1.82, 2.24) is 9.78 Å². The molecule has 2 aromatic rings. The highest BCUT2D eigenvalue weighted by molar-refractivity contribution is 5.90. The van der Waals surface area contributed by atoms with Crippen LogP contribution in [0.15, 0.2) is 46.0 Å². The second-order valence-corrected chi connectivity index (χ2v) is 6.33. The number of carbonyl (C=O) groups excluding carboxylic acids is 1. The summed E-state index contributed by atoms with van der Waals surface area (Å²) in [5.74, 6) is 0.165. The normalized spacial score (nSPS) is 20.5. The first-order valence-electron chi connectivity index (χ1n) is 8.17. The molecule has 6 nitrogen and oxygen atoms in total. The van der Waals surface area contributed by atoms with Gasteiger partial charge >= 0.3 is 5.97 Å². The van der Waals surface area contributed by atoms with E-state index in [1.165, 1.54) is 18.6 Å². The van der Waals surface area contributed by atoms with Crippen LogP contribution in [-0.4, -0.2) is 21.9 Å². The number of nitrogens with zero attached hydrogens (tertiary/aromatic N) is 1. The highest BCUT2D eigenvalue weighted by atomic mass is 16.5. The van der Waals surface area contributed by atoms with Crippen molar-refractivity contribution < 1.29 is 9.53 Å². The minimum absolute atomic E-state index is 0.0517. The quantitative estimate of drug-likeness (QED) is 0.876. The molecule has 1 heterocycles. The van der Waals surface area contributed by atoms with Gasteiger partial charge in [-0.15, -0.1) is 0 Å². The highest BCUT2D eigenvalue weighted by Crippen LogP contribution is 2.26. The third kappa shape index (κ3) is 3.64. The van der Waals surface area contributed by atoms with Crippen molar-refractivity contribution >= 4 is 5.97 Å². The maximum absolute atomic E-state index is 12.4. The van der Waals surface area contributed by atoms with Gasteiger partial charge in [-0.05, 0) is 43.4 Å². The van der Waals surface area contributed by atoms with Gasteiger partial charge in [0.05, 0.1) is 11.3 Å². The van der Waals surface area contributed by atoms with Crippen molar-refractivity contribution in [2.75, 3.05) is 0 Å². The van der Waals surface area contributed by atoms with Crippen LogP contribution in [0.3, 0.4) is 0 Å². The lowest BCUT2D eigenvalue weighted by atomic mass is 9.89. The Morgan fingerprint density at radius 2 is 2.04 bits per heavy atom. The summed E-state index contributed by atoms with van der Waals surface area (Å²) in [5, 5.41) is 2.44. The number of aromatic nitrogens is 2. The summed E-state index contributed by atoms with van der Waals surface area (Å²) >= 11 is 0. The van der Waals surface area contributed by atoms with E-state index >= 15 is 0 Å². The van der Waals surface area contributed by atoms with Crippen molar-refractivity contribution in [3.63, 3.8) is 0 Å². The summed E-state index contributed by atoms with van der Waals surface area (Å²) in [4.78, 5) is 35.7. The van der Waals surface area contributed by atoms with Gasteiger partial charge in [0.2, 0.25) is 0 Å². The van der Waals surface area contributed by atoms with Gasteiger partial charge in [0.25, 0.3) is 11.1 Å². The van der Waals surface area contributed by atoms with Crippen molar-refractivity contribution in [1.29, 1.82) is 0 Å². The predicted molar refractivity (Wildman–Crippen MR) is 89.5 cm³/mol. The van der Waals surface area contributed by atoms with Crippen molar-refractivity contribution in [2.24, 2.45) is 5.92 Å².